The smallest absolute Gasteiger partial charge is 0.223 e. The van der Waals surface area contributed by atoms with Gasteiger partial charge in [0.25, 0.3) is 0 Å². The first-order valence-corrected chi connectivity index (χ1v) is 9.14. The van der Waals surface area contributed by atoms with Crippen LogP contribution in [0.25, 0.3) is 0 Å². The summed E-state index contributed by atoms with van der Waals surface area (Å²) in [6.45, 7) is 4.95. The van der Waals surface area contributed by atoms with Crippen molar-refractivity contribution in [3.05, 3.63) is 66.0 Å². The second-order valence-corrected chi connectivity index (χ2v) is 7.46. The largest absolute Gasteiger partial charge is 0.331 e. The Bertz CT molecular complexity index is 733. The van der Waals surface area contributed by atoms with Gasteiger partial charge in [0.05, 0.1) is 5.54 Å². The monoisotopic (exact) mass is 335 g/mol. The number of nitrogens with zero attached hydrogens (tertiary/aromatic N) is 3. The van der Waals surface area contributed by atoms with Crippen LogP contribution in [0.15, 0.2) is 54.9 Å². The molecule has 0 bridgehead atoms. The van der Waals surface area contributed by atoms with Crippen LogP contribution in [0, 0.1) is 0 Å². The Kier molecular flexibility index (Phi) is 4.30. The zero-order chi connectivity index (χ0) is 17.3. The van der Waals surface area contributed by atoms with Crippen molar-refractivity contribution in [3.63, 3.8) is 0 Å². The highest BCUT2D eigenvalue weighted by Crippen LogP contribution is 2.41. The number of benzene rings is 1. The summed E-state index contributed by atoms with van der Waals surface area (Å²) in [5.74, 6) is 0.297. The molecule has 4 nitrogen and oxygen atoms in total. The van der Waals surface area contributed by atoms with Crippen LogP contribution in [-0.4, -0.2) is 38.8 Å². The predicted octanol–water partition coefficient (Wildman–Crippen LogP) is 3.24. The van der Waals surface area contributed by atoms with Crippen molar-refractivity contribution in [1.29, 1.82) is 0 Å². The number of rotatable bonds is 4. The van der Waals surface area contributed by atoms with Crippen molar-refractivity contribution < 1.29 is 4.79 Å². The number of carbonyl (C=O) groups excluding carboxylic acids is 1. The van der Waals surface area contributed by atoms with Gasteiger partial charge >= 0.3 is 0 Å². The van der Waals surface area contributed by atoms with Crippen LogP contribution in [0.5, 0.6) is 0 Å². The molecule has 0 radical (unpaired) electrons. The van der Waals surface area contributed by atoms with Crippen LogP contribution in [0.3, 0.4) is 0 Å². The van der Waals surface area contributed by atoms with E-state index in [9.17, 15) is 4.79 Å². The molecule has 2 atom stereocenters. The normalized spacial score (nSPS) is 26.7. The van der Waals surface area contributed by atoms with Crippen LogP contribution < -0.4 is 0 Å². The molecule has 4 heteroatoms. The second-order valence-electron chi connectivity index (χ2n) is 7.46. The van der Waals surface area contributed by atoms with Crippen molar-refractivity contribution in [3.8, 4) is 0 Å². The van der Waals surface area contributed by atoms with E-state index >= 15 is 0 Å². The topological polar surface area (TPSA) is 36.4 Å². The van der Waals surface area contributed by atoms with Gasteiger partial charge in [0, 0.05) is 44.5 Å². The average Bonchev–Trinajstić information content (AvgIpc) is 2.96. The third-order valence-corrected chi connectivity index (χ3v) is 5.91. The molecular formula is C21H25N3O. The fourth-order valence-electron chi connectivity index (χ4n) is 4.52. The number of amides is 1. The van der Waals surface area contributed by atoms with Crippen molar-refractivity contribution in [1.82, 2.24) is 14.8 Å². The lowest BCUT2D eigenvalue weighted by molar-refractivity contribution is -0.144. The van der Waals surface area contributed by atoms with Crippen molar-refractivity contribution in [2.24, 2.45) is 0 Å². The van der Waals surface area contributed by atoms with E-state index < -0.39 is 0 Å². The van der Waals surface area contributed by atoms with Crippen molar-refractivity contribution in [2.75, 3.05) is 6.54 Å². The lowest BCUT2D eigenvalue weighted by atomic mass is 9.83. The quantitative estimate of drug-likeness (QED) is 0.861. The summed E-state index contributed by atoms with van der Waals surface area (Å²) in [4.78, 5) is 21.6. The standard InChI is InChI=1S/C21H25N3O/c1-21-11-13-23(15-18-8-5-12-22-14-18)19(21)9-10-20(25)24(21)16-17-6-3-2-4-7-17/h2-8,12,14,19H,9-11,13,15-16H2,1H3/t19-,21-/m0/s1. The first-order chi connectivity index (χ1) is 12.2. The van der Waals surface area contributed by atoms with E-state index in [2.05, 4.69) is 39.9 Å². The molecular weight excluding hydrogens is 310 g/mol. The van der Waals surface area contributed by atoms with Gasteiger partial charge in [-0.05, 0) is 37.0 Å². The van der Waals surface area contributed by atoms with Gasteiger partial charge in [0.1, 0.15) is 0 Å². The third-order valence-electron chi connectivity index (χ3n) is 5.91. The summed E-state index contributed by atoms with van der Waals surface area (Å²) in [5.41, 5.74) is 2.38. The first-order valence-electron chi connectivity index (χ1n) is 9.14. The van der Waals surface area contributed by atoms with Gasteiger partial charge in [-0.2, -0.15) is 0 Å². The Hall–Kier alpha value is -2.20. The minimum absolute atomic E-state index is 0.0760. The average molecular weight is 335 g/mol. The van der Waals surface area contributed by atoms with Gasteiger partial charge in [-0.3, -0.25) is 14.7 Å². The van der Waals surface area contributed by atoms with Crippen LogP contribution in [-0.2, 0) is 17.9 Å². The maximum absolute atomic E-state index is 12.7. The maximum atomic E-state index is 12.7. The minimum Gasteiger partial charge on any atom is -0.331 e. The fourth-order valence-corrected chi connectivity index (χ4v) is 4.52. The zero-order valence-corrected chi connectivity index (χ0v) is 14.8. The SMILES string of the molecule is C[C@]12CCN(Cc3cccnc3)[C@H]1CCC(=O)N2Cc1ccccc1. The second kappa shape index (κ2) is 6.60. The van der Waals surface area contributed by atoms with Gasteiger partial charge in [-0.15, -0.1) is 0 Å². The minimum atomic E-state index is -0.0760. The maximum Gasteiger partial charge on any atom is 0.223 e. The van der Waals surface area contributed by atoms with Gasteiger partial charge in [0.2, 0.25) is 5.91 Å². The third kappa shape index (κ3) is 3.07. The molecule has 0 saturated carbocycles. The molecule has 1 aromatic heterocycles. The summed E-state index contributed by atoms with van der Waals surface area (Å²) in [5, 5.41) is 0. The van der Waals surface area contributed by atoms with E-state index in [4.69, 9.17) is 0 Å². The van der Waals surface area contributed by atoms with E-state index in [0.717, 1.165) is 25.9 Å². The molecule has 0 spiro atoms. The number of hydrogen-bond acceptors (Lipinski definition) is 3. The summed E-state index contributed by atoms with van der Waals surface area (Å²) in [7, 11) is 0. The molecule has 3 heterocycles. The van der Waals surface area contributed by atoms with E-state index in [0.29, 0.717) is 24.9 Å². The number of carbonyl (C=O) groups is 1. The number of likely N-dealkylation sites (tertiary alicyclic amines) is 2. The highest BCUT2D eigenvalue weighted by Gasteiger charge is 2.51. The fraction of sp³-hybridized carbons (Fsp3) is 0.429. The van der Waals surface area contributed by atoms with Gasteiger partial charge < -0.3 is 4.90 Å². The predicted molar refractivity (Wildman–Crippen MR) is 97.7 cm³/mol. The number of piperidine rings is 1. The summed E-state index contributed by atoms with van der Waals surface area (Å²) >= 11 is 0. The molecule has 2 aliphatic heterocycles. The van der Waals surface area contributed by atoms with Gasteiger partial charge in [0.15, 0.2) is 0 Å². The highest BCUT2D eigenvalue weighted by molar-refractivity contribution is 5.78. The summed E-state index contributed by atoms with van der Waals surface area (Å²) < 4.78 is 0. The van der Waals surface area contributed by atoms with Crippen LogP contribution in [0.4, 0.5) is 0 Å². The molecule has 1 amide bonds. The van der Waals surface area contributed by atoms with Gasteiger partial charge in [-0.1, -0.05) is 36.4 Å². The van der Waals surface area contributed by atoms with Crippen LogP contribution >= 0.6 is 0 Å². The van der Waals surface area contributed by atoms with Crippen molar-refractivity contribution >= 4 is 5.91 Å². The molecule has 0 aliphatic carbocycles. The molecule has 2 fully saturated rings. The Morgan fingerprint density at radius 2 is 1.92 bits per heavy atom. The number of pyridine rings is 1. The Balaban J connectivity index is 1.55. The van der Waals surface area contributed by atoms with Crippen molar-refractivity contribution in [2.45, 2.75) is 50.9 Å². The number of fused-ring (bicyclic) bond motifs is 1. The highest BCUT2D eigenvalue weighted by atomic mass is 16.2. The molecule has 25 heavy (non-hydrogen) atoms. The Labute approximate surface area is 149 Å². The lowest BCUT2D eigenvalue weighted by Gasteiger charge is -2.48. The Morgan fingerprint density at radius 3 is 2.68 bits per heavy atom. The molecule has 1 aromatic carbocycles. The van der Waals surface area contributed by atoms with E-state index in [1.165, 1.54) is 11.1 Å². The lowest BCUT2D eigenvalue weighted by Crippen LogP contribution is -2.59. The van der Waals surface area contributed by atoms with E-state index in [-0.39, 0.29) is 5.54 Å². The number of hydrogen-bond donors (Lipinski definition) is 0. The molecule has 2 aromatic rings. The molecule has 4 rings (SSSR count). The molecule has 2 aliphatic rings. The first kappa shape index (κ1) is 16.3. The van der Waals surface area contributed by atoms with Crippen LogP contribution in [0.1, 0.15) is 37.3 Å². The zero-order valence-electron chi connectivity index (χ0n) is 14.8. The molecule has 0 unspecified atom stereocenters. The molecule has 130 valence electrons. The summed E-state index contributed by atoms with van der Waals surface area (Å²) in [6, 6.07) is 14.9. The molecule has 2 saturated heterocycles. The van der Waals surface area contributed by atoms with Gasteiger partial charge in [-0.25, -0.2) is 0 Å². The number of aromatic nitrogens is 1. The van der Waals surface area contributed by atoms with E-state index in [1.807, 2.05) is 36.7 Å². The summed E-state index contributed by atoms with van der Waals surface area (Å²) in [6.07, 6.45) is 6.41. The molecule has 0 N–H and O–H groups in total. The van der Waals surface area contributed by atoms with E-state index in [1.54, 1.807) is 0 Å². The van der Waals surface area contributed by atoms with Crippen LogP contribution in [0.2, 0.25) is 0 Å². The Morgan fingerprint density at radius 1 is 1.12 bits per heavy atom.